The molecule has 0 amide bonds. The number of imidazole rings is 1. The van der Waals surface area contributed by atoms with Gasteiger partial charge in [0.15, 0.2) is 0 Å². The molecule has 4 heteroatoms. The smallest absolute Gasteiger partial charge is 0.121 e. The number of benzene rings is 1. The second-order valence-corrected chi connectivity index (χ2v) is 5.08. The number of methoxy groups -OCH3 is 1. The lowest BCUT2D eigenvalue weighted by Crippen LogP contribution is -2.16. The molecule has 1 aromatic carbocycles. The van der Waals surface area contributed by atoms with Crippen molar-refractivity contribution in [2.45, 2.75) is 39.3 Å². The second kappa shape index (κ2) is 6.57. The van der Waals surface area contributed by atoms with Gasteiger partial charge in [-0.15, -0.1) is 0 Å². The highest BCUT2D eigenvalue weighted by atomic mass is 16.5. The Kier molecular flexibility index (Phi) is 4.79. The maximum atomic E-state index is 6.32. The Labute approximate surface area is 120 Å². The van der Waals surface area contributed by atoms with E-state index < -0.39 is 0 Å². The standard InChI is InChI=1S/C16H23N3O/c1-4-8-19-9-7-18-16(19)11-14(17)13-5-6-15(20-3)12(2)10-13/h5-7,9-10,14H,4,8,11,17H2,1-3H3. The van der Waals surface area contributed by atoms with Gasteiger partial charge in [-0.2, -0.15) is 0 Å². The lowest BCUT2D eigenvalue weighted by molar-refractivity contribution is 0.411. The Morgan fingerprint density at radius 3 is 2.85 bits per heavy atom. The average Bonchev–Trinajstić information content (AvgIpc) is 2.86. The predicted octanol–water partition coefficient (Wildman–Crippen LogP) is 2.85. The van der Waals surface area contributed by atoms with E-state index in [2.05, 4.69) is 22.5 Å². The van der Waals surface area contributed by atoms with Gasteiger partial charge < -0.3 is 15.0 Å². The van der Waals surface area contributed by atoms with Crippen molar-refractivity contribution >= 4 is 0 Å². The summed E-state index contributed by atoms with van der Waals surface area (Å²) in [7, 11) is 1.68. The first-order valence-corrected chi connectivity index (χ1v) is 7.05. The molecule has 0 aliphatic heterocycles. The van der Waals surface area contributed by atoms with Gasteiger partial charge in [-0.3, -0.25) is 0 Å². The second-order valence-electron chi connectivity index (χ2n) is 5.08. The van der Waals surface area contributed by atoms with Crippen molar-refractivity contribution in [1.29, 1.82) is 0 Å². The Hall–Kier alpha value is -1.81. The molecule has 2 N–H and O–H groups in total. The molecule has 4 nitrogen and oxygen atoms in total. The predicted molar refractivity (Wildman–Crippen MR) is 80.9 cm³/mol. The van der Waals surface area contributed by atoms with Crippen molar-refractivity contribution in [3.05, 3.63) is 47.5 Å². The quantitative estimate of drug-likeness (QED) is 0.880. The van der Waals surface area contributed by atoms with E-state index in [-0.39, 0.29) is 6.04 Å². The third-order valence-electron chi connectivity index (χ3n) is 3.52. The zero-order valence-electron chi connectivity index (χ0n) is 12.5. The molecule has 108 valence electrons. The van der Waals surface area contributed by atoms with Crippen molar-refractivity contribution in [2.75, 3.05) is 7.11 Å². The van der Waals surface area contributed by atoms with Crippen LogP contribution >= 0.6 is 0 Å². The van der Waals surface area contributed by atoms with Gasteiger partial charge in [0.2, 0.25) is 0 Å². The SMILES string of the molecule is CCCn1ccnc1CC(N)c1ccc(OC)c(C)c1. The minimum absolute atomic E-state index is 0.0439. The number of nitrogens with zero attached hydrogens (tertiary/aromatic N) is 2. The van der Waals surface area contributed by atoms with Crippen LogP contribution < -0.4 is 10.5 Å². The molecular weight excluding hydrogens is 250 g/mol. The van der Waals surface area contributed by atoms with Crippen LogP contribution in [0.1, 0.15) is 36.3 Å². The summed E-state index contributed by atoms with van der Waals surface area (Å²) in [6, 6.07) is 6.06. The number of hydrogen-bond donors (Lipinski definition) is 1. The van der Waals surface area contributed by atoms with E-state index in [9.17, 15) is 0 Å². The highest BCUT2D eigenvalue weighted by Gasteiger charge is 2.12. The first-order valence-electron chi connectivity index (χ1n) is 7.05. The third kappa shape index (κ3) is 3.20. The first kappa shape index (κ1) is 14.6. The number of ether oxygens (including phenoxy) is 1. The van der Waals surface area contributed by atoms with Crippen LogP contribution in [0.5, 0.6) is 5.75 Å². The summed E-state index contributed by atoms with van der Waals surface area (Å²) in [5.41, 5.74) is 8.55. The van der Waals surface area contributed by atoms with Crippen molar-refractivity contribution in [3.8, 4) is 5.75 Å². The van der Waals surface area contributed by atoms with E-state index in [4.69, 9.17) is 10.5 Å². The normalized spacial score (nSPS) is 12.4. The Morgan fingerprint density at radius 1 is 1.40 bits per heavy atom. The monoisotopic (exact) mass is 273 g/mol. The molecule has 0 radical (unpaired) electrons. The molecule has 2 aromatic rings. The number of aryl methyl sites for hydroxylation is 2. The first-order chi connectivity index (χ1) is 9.65. The summed E-state index contributed by atoms with van der Waals surface area (Å²) < 4.78 is 7.46. The van der Waals surface area contributed by atoms with E-state index in [1.165, 1.54) is 0 Å². The number of hydrogen-bond acceptors (Lipinski definition) is 3. The van der Waals surface area contributed by atoms with Crippen LogP contribution in [0.15, 0.2) is 30.6 Å². The van der Waals surface area contributed by atoms with E-state index in [1.54, 1.807) is 7.11 Å². The molecule has 0 bridgehead atoms. The summed E-state index contributed by atoms with van der Waals surface area (Å²) in [6.07, 6.45) is 5.71. The molecule has 0 aliphatic rings. The van der Waals surface area contributed by atoms with E-state index in [0.717, 1.165) is 42.1 Å². The van der Waals surface area contributed by atoms with Crippen LogP contribution in [0.4, 0.5) is 0 Å². The van der Waals surface area contributed by atoms with Crippen LogP contribution in [0.3, 0.4) is 0 Å². The summed E-state index contributed by atoms with van der Waals surface area (Å²) in [5.74, 6) is 1.95. The van der Waals surface area contributed by atoms with Gasteiger partial charge in [-0.05, 0) is 30.5 Å². The number of nitrogens with two attached hydrogens (primary N) is 1. The fourth-order valence-electron chi connectivity index (χ4n) is 2.42. The lowest BCUT2D eigenvalue weighted by Gasteiger charge is -2.15. The highest BCUT2D eigenvalue weighted by Crippen LogP contribution is 2.23. The van der Waals surface area contributed by atoms with Gasteiger partial charge in [0, 0.05) is 31.4 Å². The maximum Gasteiger partial charge on any atom is 0.121 e. The fraction of sp³-hybridized carbons (Fsp3) is 0.438. The molecule has 0 saturated heterocycles. The minimum Gasteiger partial charge on any atom is -0.496 e. The molecule has 2 rings (SSSR count). The molecule has 1 atom stereocenters. The molecule has 1 aromatic heterocycles. The molecule has 0 aliphatic carbocycles. The molecular formula is C16H23N3O. The summed E-state index contributed by atoms with van der Waals surface area (Å²) in [5, 5.41) is 0. The lowest BCUT2D eigenvalue weighted by atomic mass is 10.0. The van der Waals surface area contributed by atoms with Crippen LogP contribution in [-0.2, 0) is 13.0 Å². The van der Waals surface area contributed by atoms with E-state index >= 15 is 0 Å². The summed E-state index contributed by atoms with van der Waals surface area (Å²) >= 11 is 0. The van der Waals surface area contributed by atoms with Crippen LogP contribution in [0.25, 0.3) is 0 Å². The van der Waals surface area contributed by atoms with Crippen molar-refractivity contribution < 1.29 is 4.74 Å². The van der Waals surface area contributed by atoms with Gasteiger partial charge in [-0.25, -0.2) is 4.98 Å². The minimum atomic E-state index is -0.0439. The Balaban J connectivity index is 2.13. The van der Waals surface area contributed by atoms with Gasteiger partial charge in [0.05, 0.1) is 7.11 Å². The Morgan fingerprint density at radius 2 is 2.20 bits per heavy atom. The topological polar surface area (TPSA) is 53.1 Å². The highest BCUT2D eigenvalue weighted by molar-refractivity contribution is 5.37. The van der Waals surface area contributed by atoms with Crippen LogP contribution in [0, 0.1) is 6.92 Å². The number of aromatic nitrogens is 2. The molecule has 0 saturated carbocycles. The summed E-state index contributed by atoms with van der Waals surface area (Å²) in [6.45, 7) is 5.19. The van der Waals surface area contributed by atoms with Gasteiger partial charge >= 0.3 is 0 Å². The average molecular weight is 273 g/mol. The van der Waals surface area contributed by atoms with Crippen LogP contribution in [0.2, 0.25) is 0 Å². The molecule has 0 spiro atoms. The van der Waals surface area contributed by atoms with Gasteiger partial charge in [0.1, 0.15) is 11.6 Å². The molecule has 1 heterocycles. The maximum absolute atomic E-state index is 6.32. The van der Waals surface area contributed by atoms with Crippen molar-refractivity contribution in [2.24, 2.45) is 5.73 Å². The van der Waals surface area contributed by atoms with E-state index in [0.29, 0.717) is 0 Å². The fourth-order valence-corrected chi connectivity index (χ4v) is 2.42. The molecule has 0 fully saturated rings. The van der Waals surface area contributed by atoms with Crippen molar-refractivity contribution in [3.63, 3.8) is 0 Å². The van der Waals surface area contributed by atoms with Gasteiger partial charge in [0.25, 0.3) is 0 Å². The Bertz CT molecular complexity index is 563. The molecule has 20 heavy (non-hydrogen) atoms. The molecule has 1 unspecified atom stereocenters. The van der Waals surface area contributed by atoms with Gasteiger partial charge in [-0.1, -0.05) is 19.1 Å². The van der Waals surface area contributed by atoms with Crippen molar-refractivity contribution in [1.82, 2.24) is 9.55 Å². The third-order valence-corrected chi connectivity index (χ3v) is 3.52. The largest absolute Gasteiger partial charge is 0.496 e. The zero-order valence-corrected chi connectivity index (χ0v) is 12.5. The van der Waals surface area contributed by atoms with E-state index in [1.807, 2.05) is 31.5 Å². The summed E-state index contributed by atoms with van der Waals surface area (Å²) in [4.78, 5) is 4.41. The zero-order chi connectivity index (χ0) is 14.5. The number of rotatable bonds is 6. The van der Waals surface area contributed by atoms with Crippen LogP contribution in [-0.4, -0.2) is 16.7 Å².